The molecule has 1 aliphatic heterocycles. The molecule has 44 heavy (non-hydrogen) atoms. The molecule has 0 radical (unpaired) electrons. The summed E-state index contributed by atoms with van der Waals surface area (Å²) < 4.78 is 42.5. The third-order valence-corrected chi connectivity index (χ3v) is 8.99. The second-order valence-electron chi connectivity index (χ2n) is 11.8. The molecule has 0 spiro atoms. The highest BCUT2D eigenvalue weighted by atomic mass is 19.4. The van der Waals surface area contributed by atoms with Gasteiger partial charge in [-0.3, -0.25) is 14.5 Å². The smallest absolute Gasteiger partial charge is 0.388 e. The van der Waals surface area contributed by atoms with E-state index < -0.39 is 12.8 Å². The van der Waals surface area contributed by atoms with Gasteiger partial charge in [-0.2, -0.15) is 13.2 Å². The van der Waals surface area contributed by atoms with Crippen LogP contribution in [0.4, 0.5) is 24.5 Å². The largest absolute Gasteiger partial charge is 0.411 e. The molecule has 2 fully saturated rings. The number of nitrogens with one attached hydrogen (secondary N) is 4. The number of rotatable bonds is 12. The molecule has 242 valence electrons. The fourth-order valence-electron chi connectivity index (χ4n) is 6.75. The molecule has 1 amide bonds. The Hall–Kier alpha value is -3.38. The van der Waals surface area contributed by atoms with Crippen molar-refractivity contribution in [2.24, 2.45) is 0 Å². The van der Waals surface area contributed by atoms with Crippen molar-refractivity contribution in [2.75, 3.05) is 43.5 Å². The molecule has 1 saturated heterocycles. The van der Waals surface area contributed by atoms with Gasteiger partial charge in [-0.1, -0.05) is 6.92 Å². The number of likely N-dealkylation sites (tertiary alicyclic amines) is 1. The molecular weight excluding hydrogens is 573 g/mol. The number of hydrogen-bond acceptors (Lipinski definition) is 7. The maximum atomic E-state index is 13.7. The molecule has 12 heteroatoms. The van der Waals surface area contributed by atoms with Crippen LogP contribution in [0.2, 0.25) is 0 Å². The molecule has 4 N–H and O–H groups in total. The minimum atomic E-state index is -4.31. The Labute approximate surface area is 257 Å². The molecule has 0 atom stereocenters. The summed E-state index contributed by atoms with van der Waals surface area (Å²) in [7, 11) is 1.77. The summed E-state index contributed by atoms with van der Waals surface area (Å²) in [6, 6.07) is 4.17. The average molecular weight is 619 g/mol. The minimum Gasteiger partial charge on any atom is -0.388 e. The Morgan fingerprint density at radius 3 is 2.39 bits per heavy atom. The van der Waals surface area contributed by atoms with Gasteiger partial charge in [0, 0.05) is 79.6 Å². The van der Waals surface area contributed by atoms with Crippen molar-refractivity contribution in [3.8, 4) is 0 Å². The SMILES string of the molecule is CCc1c(C(=O)NCc2c(C)cc(C)[nH]c2=O)cc(NC)c(C=N)c1N(CC)C1CCC(N2CC(OCC(F)(F)F)C2)CC1. The number of amides is 1. The molecule has 0 unspecified atom stereocenters. The number of nitrogens with zero attached hydrogens (tertiary/aromatic N) is 2. The summed E-state index contributed by atoms with van der Waals surface area (Å²) >= 11 is 0. The summed E-state index contributed by atoms with van der Waals surface area (Å²) in [4.78, 5) is 33.6. The van der Waals surface area contributed by atoms with E-state index in [0.29, 0.717) is 48.9 Å². The number of alkyl halides is 3. The van der Waals surface area contributed by atoms with Gasteiger partial charge in [-0.15, -0.1) is 0 Å². The number of anilines is 2. The Morgan fingerprint density at radius 2 is 1.84 bits per heavy atom. The number of aromatic amines is 1. The predicted octanol–water partition coefficient (Wildman–Crippen LogP) is 4.92. The van der Waals surface area contributed by atoms with E-state index in [4.69, 9.17) is 10.1 Å². The normalized spacial score (nSPS) is 19.4. The van der Waals surface area contributed by atoms with Gasteiger partial charge in [0.25, 0.3) is 11.5 Å². The fraction of sp³-hybridized carbons (Fsp3) is 0.594. The van der Waals surface area contributed by atoms with Crippen molar-refractivity contribution in [1.82, 2.24) is 15.2 Å². The van der Waals surface area contributed by atoms with Crippen LogP contribution < -0.4 is 21.1 Å². The number of carbonyl (C=O) groups is 1. The number of aryl methyl sites for hydroxylation is 2. The highest BCUT2D eigenvalue weighted by molar-refractivity contribution is 6.04. The first-order valence-electron chi connectivity index (χ1n) is 15.4. The van der Waals surface area contributed by atoms with Crippen LogP contribution in [0.15, 0.2) is 16.9 Å². The Balaban J connectivity index is 1.52. The third-order valence-electron chi connectivity index (χ3n) is 8.99. The van der Waals surface area contributed by atoms with Crippen LogP contribution in [0, 0.1) is 19.3 Å². The van der Waals surface area contributed by atoms with E-state index in [1.165, 1.54) is 6.21 Å². The second-order valence-corrected chi connectivity index (χ2v) is 11.8. The number of ether oxygens (including phenoxy) is 1. The zero-order valence-electron chi connectivity index (χ0n) is 26.3. The molecule has 1 aromatic heterocycles. The van der Waals surface area contributed by atoms with Gasteiger partial charge in [-0.25, -0.2) is 0 Å². The highest BCUT2D eigenvalue weighted by Crippen LogP contribution is 2.39. The van der Waals surface area contributed by atoms with Crippen LogP contribution in [0.5, 0.6) is 0 Å². The van der Waals surface area contributed by atoms with E-state index in [1.54, 1.807) is 13.1 Å². The lowest BCUT2D eigenvalue weighted by molar-refractivity contribution is -0.202. The topological polar surface area (TPSA) is 114 Å². The number of pyridine rings is 1. The van der Waals surface area contributed by atoms with Crippen molar-refractivity contribution in [3.63, 3.8) is 0 Å². The standard InChI is InChI=1S/C32H45F3N6O3/c1-6-24-25(30(42)38-15-27-19(3)12-20(4)39-31(27)43)13-28(37-5)26(14-36)29(24)41(7-2)22-10-8-21(9-11-22)40-16-23(17-40)44-18-32(33,34)35/h12-14,21-23,36-37H,6-11,15-18H2,1-5H3,(H,38,42)(H,39,43). The van der Waals surface area contributed by atoms with Crippen LogP contribution >= 0.6 is 0 Å². The molecule has 2 aromatic rings. The maximum Gasteiger partial charge on any atom is 0.411 e. The van der Waals surface area contributed by atoms with Gasteiger partial charge in [0.2, 0.25) is 0 Å². The summed E-state index contributed by atoms with van der Waals surface area (Å²) in [5.41, 5.74) is 5.51. The van der Waals surface area contributed by atoms with Crippen LogP contribution in [0.1, 0.15) is 77.8 Å². The van der Waals surface area contributed by atoms with Gasteiger partial charge in [0.05, 0.1) is 11.8 Å². The number of carbonyl (C=O) groups excluding carboxylic acids is 1. The number of benzene rings is 1. The quantitative estimate of drug-likeness (QED) is 0.251. The fourth-order valence-corrected chi connectivity index (χ4v) is 6.75. The van der Waals surface area contributed by atoms with E-state index in [-0.39, 0.29) is 30.2 Å². The number of aromatic nitrogens is 1. The Morgan fingerprint density at radius 1 is 1.16 bits per heavy atom. The lowest BCUT2D eigenvalue weighted by Crippen LogP contribution is -2.58. The van der Waals surface area contributed by atoms with Gasteiger partial charge in [0.15, 0.2) is 0 Å². The van der Waals surface area contributed by atoms with Crippen molar-refractivity contribution in [1.29, 1.82) is 5.41 Å². The summed E-state index contributed by atoms with van der Waals surface area (Å²) in [5, 5.41) is 14.4. The molecule has 1 aromatic carbocycles. The molecular formula is C32H45F3N6O3. The number of hydrogen-bond donors (Lipinski definition) is 4. The molecule has 9 nitrogen and oxygen atoms in total. The highest BCUT2D eigenvalue weighted by Gasteiger charge is 2.39. The number of H-pyrrole nitrogens is 1. The van der Waals surface area contributed by atoms with E-state index in [0.717, 1.165) is 53.8 Å². The van der Waals surface area contributed by atoms with E-state index in [1.807, 2.05) is 26.8 Å². The van der Waals surface area contributed by atoms with E-state index >= 15 is 0 Å². The van der Waals surface area contributed by atoms with Crippen molar-refractivity contribution in [2.45, 2.75) is 90.7 Å². The number of halogens is 3. The first-order chi connectivity index (χ1) is 20.9. The minimum absolute atomic E-state index is 0.0973. The van der Waals surface area contributed by atoms with Crippen LogP contribution in [0.3, 0.4) is 0 Å². The Kier molecular flexibility index (Phi) is 10.8. The maximum absolute atomic E-state index is 13.7. The molecule has 1 saturated carbocycles. The molecule has 2 heterocycles. The average Bonchev–Trinajstić information content (AvgIpc) is 2.95. The lowest BCUT2D eigenvalue weighted by atomic mass is 9.86. The molecule has 2 aliphatic rings. The monoisotopic (exact) mass is 618 g/mol. The van der Waals surface area contributed by atoms with E-state index in [2.05, 4.69) is 32.3 Å². The zero-order chi connectivity index (χ0) is 32.2. The first-order valence-corrected chi connectivity index (χ1v) is 15.4. The summed E-state index contributed by atoms with van der Waals surface area (Å²) in [5.74, 6) is -0.282. The summed E-state index contributed by atoms with van der Waals surface area (Å²) in [6.07, 6.45) is 0.856. The van der Waals surface area contributed by atoms with Crippen LogP contribution in [-0.2, 0) is 17.7 Å². The second kappa shape index (κ2) is 14.2. The van der Waals surface area contributed by atoms with Crippen molar-refractivity contribution < 1.29 is 22.7 Å². The zero-order valence-corrected chi connectivity index (χ0v) is 26.3. The van der Waals surface area contributed by atoms with Crippen LogP contribution in [-0.4, -0.2) is 79.7 Å². The molecule has 0 bridgehead atoms. The van der Waals surface area contributed by atoms with Gasteiger partial charge in [0.1, 0.15) is 6.61 Å². The molecule has 4 rings (SSSR count). The third kappa shape index (κ3) is 7.46. The van der Waals surface area contributed by atoms with Gasteiger partial charge >= 0.3 is 6.18 Å². The first kappa shape index (κ1) is 33.5. The van der Waals surface area contributed by atoms with Gasteiger partial charge in [-0.05, 0) is 76.1 Å². The van der Waals surface area contributed by atoms with Crippen molar-refractivity contribution >= 4 is 23.5 Å². The van der Waals surface area contributed by atoms with E-state index in [9.17, 15) is 22.8 Å². The predicted molar refractivity (Wildman–Crippen MR) is 167 cm³/mol. The van der Waals surface area contributed by atoms with Crippen LogP contribution in [0.25, 0.3) is 0 Å². The lowest BCUT2D eigenvalue weighted by Gasteiger charge is -2.48. The molecule has 1 aliphatic carbocycles. The van der Waals surface area contributed by atoms with Gasteiger partial charge < -0.3 is 30.7 Å². The summed E-state index contributed by atoms with van der Waals surface area (Å²) in [6.45, 7) is 8.39. The Bertz CT molecular complexity index is 1400. The van der Waals surface area contributed by atoms with Crippen molar-refractivity contribution in [3.05, 3.63) is 56.0 Å².